The van der Waals surface area contributed by atoms with Crippen LogP contribution in [0, 0.1) is 6.92 Å². The first-order valence-corrected chi connectivity index (χ1v) is 7.19. The molecule has 0 radical (unpaired) electrons. The predicted octanol–water partition coefficient (Wildman–Crippen LogP) is 2.98. The Labute approximate surface area is 129 Å². The van der Waals surface area contributed by atoms with Crippen molar-refractivity contribution in [3.8, 4) is 0 Å². The summed E-state index contributed by atoms with van der Waals surface area (Å²) in [7, 11) is 0. The summed E-state index contributed by atoms with van der Waals surface area (Å²) < 4.78 is 0. The second kappa shape index (κ2) is 7.25. The first kappa shape index (κ1) is 15.5. The molecule has 1 atom stereocenters. The van der Waals surface area contributed by atoms with Crippen LogP contribution in [0.4, 0.5) is 0 Å². The van der Waals surface area contributed by atoms with E-state index in [9.17, 15) is 9.90 Å². The van der Waals surface area contributed by atoms with Gasteiger partial charge in [-0.1, -0.05) is 48.0 Å². The van der Waals surface area contributed by atoms with Crippen molar-refractivity contribution in [1.82, 2.24) is 5.32 Å². The maximum atomic E-state index is 12.3. The molecule has 0 spiro atoms. The number of amides is 1. The van der Waals surface area contributed by atoms with Crippen LogP contribution in [0.5, 0.6) is 0 Å². The Hall–Kier alpha value is -1.84. The van der Waals surface area contributed by atoms with Crippen LogP contribution in [0.2, 0.25) is 5.02 Å². The third-order valence-electron chi connectivity index (χ3n) is 3.32. The van der Waals surface area contributed by atoms with Crippen LogP contribution in [0.25, 0.3) is 0 Å². The summed E-state index contributed by atoms with van der Waals surface area (Å²) in [5, 5.41) is 12.8. The lowest BCUT2D eigenvalue weighted by molar-refractivity contribution is 0.0916. The van der Waals surface area contributed by atoms with Crippen molar-refractivity contribution in [2.75, 3.05) is 6.61 Å². The number of hydrogen-bond donors (Lipinski definition) is 2. The van der Waals surface area contributed by atoms with Crippen molar-refractivity contribution >= 4 is 17.5 Å². The molecule has 0 saturated heterocycles. The number of halogens is 1. The van der Waals surface area contributed by atoms with Gasteiger partial charge in [0.05, 0.1) is 12.6 Å². The average Bonchev–Trinajstić information content (AvgIpc) is 2.50. The van der Waals surface area contributed by atoms with Crippen LogP contribution < -0.4 is 5.32 Å². The van der Waals surface area contributed by atoms with Gasteiger partial charge in [0, 0.05) is 10.6 Å². The zero-order valence-corrected chi connectivity index (χ0v) is 12.6. The van der Waals surface area contributed by atoms with Gasteiger partial charge in [-0.2, -0.15) is 0 Å². The molecule has 4 heteroatoms. The number of carbonyl (C=O) groups excluding carboxylic acids is 1. The molecule has 3 nitrogen and oxygen atoms in total. The summed E-state index contributed by atoms with van der Waals surface area (Å²) in [4.78, 5) is 12.3. The number of aliphatic hydroxyl groups excluding tert-OH is 1. The molecule has 1 amide bonds. The molecule has 21 heavy (non-hydrogen) atoms. The number of aryl methyl sites for hydroxylation is 1. The fourth-order valence-corrected chi connectivity index (χ4v) is 2.33. The minimum absolute atomic E-state index is 0.111. The van der Waals surface area contributed by atoms with E-state index >= 15 is 0 Å². The molecule has 0 saturated carbocycles. The van der Waals surface area contributed by atoms with E-state index in [1.54, 1.807) is 12.1 Å². The monoisotopic (exact) mass is 303 g/mol. The fourth-order valence-electron chi connectivity index (χ4n) is 2.16. The minimum Gasteiger partial charge on any atom is -0.394 e. The first-order chi connectivity index (χ1) is 10.1. The number of benzene rings is 2. The smallest absolute Gasteiger partial charge is 0.251 e. The molecule has 0 unspecified atom stereocenters. The minimum atomic E-state index is -0.321. The number of rotatable bonds is 5. The molecule has 0 aromatic heterocycles. The van der Waals surface area contributed by atoms with E-state index in [-0.39, 0.29) is 18.6 Å². The molecule has 0 fully saturated rings. The largest absolute Gasteiger partial charge is 0.394 e. The average molecular weight is 304 g/mol. The highest BCUT2D eigenvalue weighted by Crippen LogP contribution is 2.15. The first-order valence-electron chi connectivity index (χ1n) is 6.82. The summed E-state index contributed by atoms with van der Waals surface area (Å²) in [5.74, 6) is -0.218. The van der Waals surface area contributed by atoms with E-state index in [1.165, 1.54) is 0 Å². The fraction of sp³-hybridized carbons (Fsp3) is 0.235. The molecule has 0 aliphatic heterocycles. The molecule has 0 aliphatic carbocycles. The predicted molar refractivity (Wildman–Crippen MR) is 84.7 cm³/mol. The zero-order chi connectivity index (χ0) is 15.2. The van der Waals surface area contributed by atoms with Crippen LogP contribution in [0.3, 0.4) is 0 Å². The normalized spacial score (nSPS) is 12.0. The van der Waals surface area contributed by atoms with Gasteiger partial charge in [-0.3, -0.25) is 4.79 Å². The Bertz CT molecular complexity index is 613. The molecule has 110 valence electrons. The van der Waals surface area contributed by atoms with Gasteiger partial charge in [-0.15, -0.1) is 0 Å². The van der Waals surface area contributed by atoms with E-state index < -0.39 is 0 Å². The lowest BCUT2D eigenvalue weighted by Gasteiger charge is -2.17. The molecule has 2 rings (SSSR count). The van der Waals surface area contributed by atoms with Crippen LogP contribution in [0.1, 0.15) is 21.5 Å². The van der Waals surface area contributed by atoms with Gasteiger partial charge in [-0.05, 0) is 36.6 Å². The number of hydrogen-bond acceptors (Lipinski definition) is 2. The van der Waals surface area contributed by atoms with Crippen LogP contribution in [0.15, 0.2) is 48.5 Å². The van der Waals surface area contributed by atoms with Crippen molar-refractivity contribution in [2.24, 2.45) is 0 Å². The van der Waals surface area contributed by atoms with Crippen LogP contribution >= 0.6 is 11.6 Å². The second-order valence-electron chi connectivity index (χ2n) is 5.00. The van der Waals surface area contributed by atoms with Gasteiger partial charge < -0.3 is 10.4 Å². The number of aliphatic hydroxyl groups is 1. The number of carbonyl (C=O) groups is 1. The standard InChI is InChI=1S/C17H18ClNO2/c1-12-7-8-14(18)10-16(12)17(21)19-15(11-20)9-13-5-3-2-4-6-13/h2-8,10,15,20H,9,11H2,1H3,(H,19,21)/t15-/m0/s1. The van der Waals surface area contributed by atoms with Gasteiger partial charge in [-0.25, -0.2) is 0 Å². The third kappa shape index (κ3) is 4.31. The van der Waals surface area contributed by atoms with E-state index in [1.807, 2.05) is 43.3 Å². The van der Waals surface area contributed by atoms with Crippen molar-refractivity contribution in [2.45, 2.75) is 19.4 Å². The summed E-state index contributed by atoms with van der Waals surface area (Å²) in [6, 6.07) is 14.6. The van der Waals surface area contributed by atoms with Crippen LogP contribution in [-0.4, -0.2) is 23.7 Å². The summed E-state index contributed by atoms with van der Waals surface area (Å²) >= 11 is 5.93. The molecular formula is C17H18ClNO2. The Kier molecular flexibility index (Phi) is 5.37. The molecule has 2 aromatic carbocycles. The SMILES string of the molecule is Cc1ccc(Cl)cc1C(=O)N[C@H](CO)Cc1ccccc1. The molecule has 2 aromatic rings. The van der Waals surface area contributed by atoms with Crippen molar-refractivity contribution < 1.29 is 9.90 Å². The maximum Gasteiger partial charge on any atom is 0.251 e. The quantitative estimate of drug-likeness (QED) is 0.892. The maximum absolute atomic E-state index is 12.3. The van der Waals surface area contributed by atoms with E-state index in [4.69, 9.17) is 11.6 Å². The zero-order valence-electron chi connectivity index (χ0n) is 11.8. The molecular weight excluding hydrogens is 286 g/mol. The highest BCUT2D eigenvalue weighted by atomic mass is 35.5. The lowest BCUT2D eigenvalue weighted by atomic mass is 10.0. The van der Waals surface area contributed by atoms with Gasteiger partial charge in [0.2, 0.25) is 0 Å². The van der Waals surface area contributed by atoms with Gasteiger partial charge >= 0.3 is 0 Å². The van der Waals surface area contributed by atoms with E-state index in [2.05, 4.69) is 5.32 Å². The highest BCUT2D eigenvalue weighted by molar-refractivity contribution is 6.31. The Morgan fingerprint density at radius 3 is 2.62 bits per heavy atom. The number of nitrogens with one attached hydrogen (secondary N) is 1. The van der Waals surface area contributed by atoms with Gasteiger partial charge in [0.1, 0.15) is 0 Å². The highest BCUT2D eigenvalue weighted by Gasteiger charge is 2.15. The van der Waals surface area contributed by atoms with Crippen molar-refractivity contribution in [3.63, 3.8) is 0 Å². The third-order valence-corrected chi connectivity index (χ3v) is 3.56. The van der Waals surface area contributed by atoms with Gasteiger partial charge in [0.25, 0.3) is 5.91 Å². The molecule has 0 aliphatic rings. The van der Waals surface area contributed by atoms with Crippen molar-refractivity contribution in [3.05, 3.63) is 70.2 Å². The van der Waals surface area contributed by atoms with E-state index in [0.717, 1.165) is 11.1 Å². The lowest BCUT2D eigenvalue weighted by Crippen LogP contribution is -2.39. The summed E-state index contributed by atoms with van der Waals surface area (Å²) in [5.41, 5.74) is 2.46. The summed E-state index contributed by atoms with van der Waals surface area (Å²) in [6.07, 6.45) is 0.586. The Morgan fingerprint density at radius 1 is 1.24 bits per heavy atom. The van der Waals surface area contributed by atoms with E-state index in [0.29, 0.717) is 17.0 Å². The topological polar surface area (TPSA) is 49.3 Å². The second-order valence-corrected chi connectivity index (χ2v) is 5.44. The van der Waals surface area contributed by atoms with Crippen LogP contribution in [-0.2, 0) is 6.42 Å². The molecule has 2 N–H and O–H groups in total. The van der Waals surface area contributed by atoms with Gasteiger partial charge in [0.15, 0.2) is 0 Å². The summed E-state index contributed by atoms with van der Waals surface area (Å²) in [6.45, 7) is 1.75. The van der Waals surface area contributed by atoms with Crippen molar-refractivity contribution in [1.29, 1.82) is 0 Å². The Balaban J connectivity index is 2.07. The Morgan fingerprint density at radius 2 is 1.95 bits per heavy atom. The molecule has 0 heterocycles. The molecule has 0 bridgehead atoms.